The van der Waals surface area contributed by atoms with Gasteiger partial charge in [0.2, 0.25) is 5.89 Å². The molecule has 9 nitrogen and oxygen atoms in total. The Balaban J connectivity index is 1.48. The van der Waals surface area contributed by atoms with Crippen molar-refractivity contribution in [2.24, 2.45) is 0 Å². The van der Waals surface area contributed by atoms with Crippen LogP contribution in [0.15, 0.2) is 22.9 Å². The number of nitrogens with one attached hydrogen (secondary N) is 1. The van der Waals surface area contributed by atoms with Crippen LogP contribution in [0.5, 0.6) is 0 Å². The van der Waals surface area contributed by atoms with Crippen LogP contribution in [-0.4, -0.2) is 66.0 Å². The molecular formula is C18H26N6O3. The Labute approximate surface area is 158 Å². The van der Waals surface area contributed by atoms with Crippen molar-refractivity contribution in [2.75, 3.05) is 44.8 Å². The van der Waals surface area contributed by atoms with Gasteiger partial charge in [-0.2, -0.15) is 4.98 Å². The molecule has 9 heteroatoms. The maximum atomic E-state index is 12.5. The molecule has 0 bridgehead atoms. The Kier molecular flexibility index (Phi) is 6.59. The summed E-state index contributed by atoms with van der Waals surface area (Å²) in [5.41, 5.74) is 2.15. The molecule has 2 amide bonds. The molecule has 0 aliphatic carbocycles. The second-order valence-corrected chi connectivity index (χ2v) is 6.49. The summed E-state index contributed by atoms with van der Waals surface area (Å²) < 4.78 is 10.1. The second-order valence-electron chi connectivity index (χ2n) is 6.49. The Hall–Kier alpha value is -2.68. The van der Waals surface area contributed by atoms with Crippen LogP contribution in [0.2, 0.25) is 0 Å². The molecule has 1 saturated heterocycles. The molecule has 146 valence electrons. The average Bonchev–Trinajstić information content (AvgIpc) is 2.98. The molecule has 1 aliphatic rings. The van der Waals surface area contributed by atoms with Gasteiger partial charge in [-0.1, -0.05) is 5.16 Å². The summed E-state index contributed by atoms with van der Waals surface area (Å²) in [5, 5.41) is 6.73. The van der Waals surface area contributed by atoms with E-state index in [4.69, 9.17) is 9.26 Å². The summed E-state index contributed by atoms with van der Waals surface area (Å²) in [5.74, 6) is 0.984. The number of hydrogen-bond donors (Lipinski definition) is 1. The van der Waals surface area contributed by atoms with E-state index in [1.54, 1.807) is 7.11 Å². The largest absolute Gasteiger partial charge is 0.384 e. The van der Waals surface area contributed by atoms with Gasteiger partial charge in [-0.05, 0) is 25.5 Å². The topological polar surface area (TPSA) is 96.6 Å². The molecule has 1 fully saturated rings. The molecule has 3 rings (SSSR count). The zero-order valence-corrected chi connectivity index (χ0v) is 15.8. The zero-order valence-electron chi connectivity index (χ0n) is 15.8. The number of nitrogens with zero attached hydrogens (tertiary/aromatic N) is 5. The molecular weight excluding hydrogens is 348 g/mol. The lowest BCUT2D eigenvalue weighted by Crippen LogP contribution is -2.41. The fourth-order valence-electron chi connectivity index (χ4n) is 3.03. The summed E-state index contributed by atoms with van der Waals surface area (Å²) in [4.78, 5) is 25.1. The molecule has 27 heavy (non-hydrogen) atoms. The molecule has 0 spiro atoms. The van der Waals surface area contributed by atoms with E-state index in [1.165, 1.54) is 0 Å². The van der Waals surface area contributed by atoms with E-state index in [1.807, 2.05) is 24.1 Å². The van der Waals surface area contributed by atoms with Gasteiger partial charge >= 0.3 is 6.03 Å². The third-order valence-corrected chi connectivity index (χ3v) is 4.46. The van der Waals surface area contributed by atoms with Crippen molar-refractivity contribution in [3.8, 4) is 0 Å². The van der Waals surface area contributed by atoms with Gasteiger partial charge in [-0.15, -0.1) is 0 Å². The Morgan fingerprint density at radius 2 is 2.22 bits per heavy atom. The van der Waals surface area contributed by atoms with Crippen LogP contribution in [0.3, 0.4) is 0 Å². The average molecular weight is 374 g/mol. The van der Waals surface area contributed by atoms with Gasteiger partial charge in [0.05, 0.1) is 13.2 Å². The lowest BCUT2D eigenvalue weighted by molar-refractivity contribution is 0.199. The highest BCUT2D eigenvalue weighted by Crippen LogP contribution is 2.16. The van der Waals surface area contributed by atoms with Crippen LogP contribution in [0.1, 0.15) is 23.8 Å². The van der Waals surface area contributed by atoms with Crippen molar-refractivity contribution in [3.05, 3.63) is 35.7 Å². The highest BCUT2D eigenvalue weighted by Gasteiger charge is 2.20. The van der Waals surface area contributed by atoms with Crippen molar-refractivity contribution >= 4 is 11.7 Å². The second kappa shape index (κ2) is 9.31. The standard InChI is InChI=1S/C18H26N6O3/c1-14-12-15(4-6-19-14)23-7-3-8-24(10-9-23)18(25)20-13-17-21-16(22-27-17)5-11-26-2/h4,6,12H,3,5,7-11,13H2,1-2H3,(H,20,25). The smallest absolute Gasteiger partial charge is 0.317 e. The molecule has 0 unspecified atom stereocenters. The third-order valence-electron chi connectivity index (χ3n) is 4.46. The SMILES string of the molecule is COCCc1noc(CNC(=O)N2CCCN(c3ccnc(C)c3)CC2)n1. The van der Waals surface area contributed by atoms with Gasteiger partial charge in [-0.25, -0.2) is 4.79 Å². The molecule has 2 aromatic rings. The number of pyridine rings is 1. The molecule has 1 aliphatic heterocycles. The molecule has 0 atom stereocenters. The quantitative estimate of drug-likeness (QED) is 0.816. The van der Waals surface area contributed by atoms with Crippen molar-refractivity contribution < 1.29 is 14.1 Å². The predicted octanol–water partition coefficient (Wildman–Crippen LogP) is 1.38. The van der Waals surface area contributed by atoms with E-state index in [2.05, 4.69) is 31.4 Å². The number of methoxy groups -OCH3 is 1. The van der Waals surface area contributed by atoms with Crippen LogP contribution < -0.4 is 10.2 Å². The zero-order chi connectivity index (χ0) is 19.1. The van der Waals surface area contributed by atoms with Crippen molar-refractivity contribution in [1.82, 2.24) is 25.3 Å². The van der Waals surface area contributed by atoms with Gasteiger partial charge in [0, 0.05) is 57.3 Å². The first-order valence-electron chi connectivity index (χ1n) is 9.16. The molecule has 0 aromatic carbocycles. The number of carbonyl (C=O) groups excluding carboxylic acids is 1. The Bertz CT molecular complexity index is 750. The molecule has 0 radical (unpaired) electrons. The summed E-state index contributed by atoms with van der Waals surface area (Å²) >= 11 is 0. The lowest BCUT2D eigenvalue weighted by atomic mass is 10.3. The van der Waals surface area contributed by atoms with Crippen molar-refractivity contribution in [2.45, 2.75) is 26.3 Å². The lowest BCUT2D eigenvalue weighted by Gasteiger charge is -2.23. The number of aromatic nitrogens is 3. The minimum Gasteiger partial charge on any atom is -0.384 e. The maximum Gasteiger partial charge on any atom is 0.317 e. The minimum absolute atomic E-state index is 0.112. The first-order chi connectivity index (χ1) is 13.2. The highest BCUT2D eigenvalue weighted by molar-refractivity contribution is 5.74. The number of aryl methyl sites for hydroxylation is 1. The summed E-state index contributed by atoms with van der Waals surface area (Å²) in [6.45, 7) is 5.83. The molecule has 0 saturated carbocycles. The maximum absolute atomic E-state index is 12.5. The van der Waals surface area contributed by atoms with E-state index in [-0.39, 0.29) is 12.6 Å². The third kappa shape index (κ3) is 5.40. The van der Waals surface area contributed by atoms with Crippen LogP contribution >= 0.6 is 0 Å². The van der Waals surface area contributed by atoms with E-state index in [0.717, 1.165) is 37.4 Å². The number of ether oxygens (including phenoxy) is 1. The predicted molar refractivity (Wildman–Crippen MR) is 99.5 cm³/mol. The van der Waals surface area contributed by atoms with Crippen LogP contribution in [0.4, 0.5) is 10.5 Å². The van der Waals surface area contributed by atoms with Crippen LogP contribution in [0, 0.1) is 6.92 Å². The molecule has 2 aromatic heterocycles. The minimum atomic E-state index is -0.112. The summed E-state index contributed by atoms with van der Waals surface area (Å²) in [6.07, 6.45) is 3.33. The number of urea groups is 1. The Morgan fingerprint density at radius 3 is 3.04 bits per heavy atom. The van der Waals surface area contributed by atoms with E-state index in [0.29, 0.717) is 31.3 Å². The molecule has 1 N–H and O–H groups in total. The fraction of sp³-hybridized carbons (Fsp3) is 0.556. The normalized spacial score (nSPS) is 14.9. The fourth-order valence-corrected chi connectivity index (χ4v) is 3.03. The van der Waals surface area contributed by atoms with Crippen LogP contribution in [0.25, 0.3) is 0 Å². The van der Waals surface area contributed by atoms with Gasteiger partial charge in [-0.3, -0.25) is 4.98 Å². The molecule has 3 heterocycles. The number of hydrogen-bond acceptors (Lipinski definition) is 7. The first-order valence-corrected chi connectivity index (χ1v) is 9.16. The van der Waals surface area contributed by atoms with Gasteiger partial charge in [0.25, 0.3) is 0 Å². The first kappa shape index (κ1) is 19.1. The van der Waals surface area contributed by atoms with Crippen molar-refractivity contribution in [1.29, 1.82) is 0 Å². The summed E-state index contributed by atoms with van der Waals surface area (Å²) in [7, 11) is 1.62. The number of anilines is 1. The monoisotopic (exact) mass is 374 g/mol. The van der Waals surface area contributed by atoms with Gasteiger partial charge < -0.3 is 24.4 Å². The van der Waals surface area contributed by atoms with Crippen LogP contribution in [-0.2, 0) is 17.7 Å². The van der Waals surface area contributed by atoms with Crippen molar-refractivity contribution in [3.63, 3.8) is 0 Å². The van der Waals surface area contributed by atoms with E-state index in [9.17, 15) is 4.79 Å². The summed E-state index contributed by atoms with van der Waals surface area (Å²) in [6, 6.07) is 3.98. The van der Waals surface area contributed by atoms with E-state index >= 15 is 0 Å². The van der Waals surface area contributed by atoms with E-state index < -0.39 is 0 Å². The number of rotatable bonds is 6. The number of amides is 2. The number of carbonyl (C=O) groups is 1. The Morgan fingerprint density at radius 1 is 1.33 bits per heavy atom. The van der Waals surface area contributed by atoms with Gasteiger partial charge in [0.1, 0.15) is 0 Å². The highest BCUT2D eigenvalue weighted by atomic mass is 16.5. The van der Waals surface area contributed by atoms with Gasteiger partial charge in [0.15, 0.2) is 5.82 Å².